The van der Waals surface area contributed by atoms with Crippen molar-refractivity contribution in [3.05, 3.63) is 70.7 Å². The van der Waals surface area contributed by atoms with Gasteiger partial charge in [-0.2, -0.15) is 0 Å². The number of halogens is 4. The lowest BCUT2D eigenvalue weighted by molar-refractivity contribution is -0.153. The summed E-state index contributed by atoms with van der Waals surface area (Å²) in [5.74, 6) is -3.09. The maximum Gasteiger partial charge on any atom is 0.309 e. The van der Waals surface area contributed by atoms with Crippen LogP contribution in [0.5, 0.6) is 5.75 Å². The zero-order valence-corrected chi connectivity index (χ0v) is 21.6. The Bertz CT molecular complexity index is 1290. The summed E-state index contributed by atoms with van der Waals surface area (Å²) in [4.78, 5) is 18.7. The Morgan fingerprint density at radius 3 is 2.47 bits per heavy atom. The van der Waals surface area contributed by atoms with Crippen LogP contribution in [0.15, 0.2) is 36.5 Å². The second-order valence-electron chi connectivity index (χ2n) is 10.1. The second kappa shape index (κ2) is 11.7. The Balaban J connectivity index is 1.37. The molecule has 38 heavy (non-hydrogen) atoms. The number of fused-ring (bicyclic) bond motifs is 1. The van der Waals surface area contributed by atoms with Crippen LogP contribution in [0.4, 0.5) is 17.6 Å². The minimum atomic E-state index is -1.36. The molecule has 204 valence electrons. The number of carboxylic acids is 1. The van der Waals surface area contributed by atoms with E-state index in [9.17, 15) is 23.1 Å². The molecule has 1 N–H and O–H groups in total. The molecular weight excluding hydrogens is 500 g/mol. The van der Waals surface area contributed by atoms with E-state index in [-0.39, 0.29) is 24.8 Å². The van der Waals surface area contributed by atoms with E-state index in [0.717, 1.165) is 0 Å². The second-order valence-corrected chi connectivity index (χ2v) is 10.1. The number of aromatic nitrogens is 1. The Morgan fingerprint density at radius 1 is 1.16 bits per heavy atom. The number of carboxylic acid groups (broad SMARTS) is 1. The minimum Gasteiger partial charge on any atom is -0.497 e. The van der Waals surface area contributed by atoms with Crippen LogP contribution in [0, 0.1) is 29.8 Å². The first kappa shape index (κ1) is 27.8. The average molecular weight is 533 g/mol. The van der Waals surface area contributed by atoms with Gasteiger partial charge in [0.1, 0.15) is 29.4 Å². The molecule has 0 bridgehead atoms. The lowest BCUT2D eigenvalue weighted by Crippen LogP contribution is -2.44. The van der Waals surface area contributed by atoms with Crippen molar-refractivity contribution in [3.63, 3.8) is 0 Å². The van der Waals surface area contributed by atoms with Gasteiger partial charge in [0.15, 0.2) is 0 Å². The van der Waals surface area contributed by atoms with Gasteiger partial charge in [0.25, 0.3) is 0 Å². The monoisotopic (exact) mass is 532 g/mol. The number of pyridine rings is 1. The summed E-state index contributed by atoms with van der Waals surface area (Å²) in [7, 11) is 1.54. The van der Waals surface area contributed by atoms with Gasteiger partial charge in [-0.1, -0.05) is 0 Å². The third kappa shape index (κ3) is 5.93. The summed E-state index contributed by atoms with van der Waals surface area (Å²) in [6.45, 7) is 3.31. The Morgan fingerprint density at radius 2 is 1.84 bits per heavy atom. The summed E-state index contributed by atoms with van der Waals surface area (Å²) in [5, 5.41) is 10.7. The van der Waals surface area contributed by atoms with Crippen molar-refractivity contribution < 1.29 is 32.2 Å². The van der Waals surface area contributed by atoms with Crippen molar-refractivity contribution in [1.82, 2.24) is 9.88 Å². The molecule has 2 heterocycles. The van der Waals surface area contributed by atoms with Crippen molar-refractivity contribution in [2.24, 2.45) is 5.41 Å². The summed E-state index contributed by atoms with van der Waals surface area (Å²) < 4.78 is 61.9. The van der Waals surface area contributed by atoms with Crippen LogP contribution in [0.3, 0.4) is 0 Å². The zero-order valence-electron chi connectivity index (χ0n) is 21.6. The highest BCUT2D eigenvalue weighted by Gasteiger charge is 2.41. The molecule has 0 aliphatic carbocycles. The minimum absolute atomic E-state index is 0.0621. The standard InChI is InChI=1S/C29H32F4N2O3/c1-18-17-34-26-6-5-20(38-2)16-22(26)27(18)23(31)7-8-29(28(36)37)9-12-35(13-10-29)11-3-4-21-24(32)14-19(30)15-25(21)33/h5-6,14-17,23H,3-4,7-13H2,1-2H3,(H,36,37). The molecule has 0 saturated carbocycles. The number of aliphatic carboxylic acids is 1. The van der Waals surface area contributed by atoms with E-state index in [1.807, 2.05) is 0 Å². The predicted molar refractivity (Wildman–Crippen MR) is 136 cm³/mol. The highest BCUT2D eigenvalue weighted by molar-refractivity contribution is 5.85. The Labute approximate surface area is 219 Å². The van der Waals surface area contributed by atoms with E-state index < -0.39 is 35.0 Å². The van der Waals surface area contributed by atoms with Crippen LogP contribution >= 0.6 is 0 Å². The van der Waals surface area contributed by atoms with Gasteiger partial charge >= 0.3 is 5.97 Å². The van der Waals surface area contributed by atoms with Gasteiger partial charge in [-0.3, -0.25) is 9.78 Å². The van der Waals surface area contributed by atoms with Gasteiger partial charge in [-0.05, 0) is 94.4 Å². The van der Waals surface area contributed by atoms with Crippen LogP contribution in [0.2, 0.25) is 0 Å². The molecule has 1 saturated heterocycles. The predicted octanol–water partition coefficient (Wildman–Crippen LogP) is 6.56. The molecule has 1 atom stereocenters. The average Bonchev–Trinajstić information content (AvgIpc) is 2.89. The van der Waals surface area contributed by atoms with Crippen LogP contribution in [-0.2, 0) is 11.2 Å². The Hall–Kier alpha value is -3.20. The van der Waals surface area contributed by atoms with Crippen molar-refractivity contribution in [2.45, 2.75) is 51.6 Å². The molecule has 5 nitrogen and oxygen atoms in total. The molecule has 1 aromatic heterocycles. The molecule has 0 radical (unpaired) electrons. The van der Waals surface area contributed by atoms with E-state index in [0.29, 0.717) is 78.8 Å². The fourth-order valence-electron chi connectivity index (χ4n) is 5.45. The third-order valence-electron chi connectivity index (χ3n) is 7.78. The quantitative estimate of drug-likeness (QED) is 0.300. The van der Waals surface area contributed by atoms with Crippen molar-refractivity contribution in [2.75, 3.05) is 26.7 Å². The highest BCUT2D eigenvalue weighted by atomic mass is 19.1. The number of nitrogens with zero attached hydrogens (tertiary/aromatic N) is 2. The normalized spacial score (nSPS) is 16.5. The first-order valence-corrected chi connectivity index (χ1v) is 12.8. The number of aryl methyl sites for hydroxylation is 1. The van der Waals surface area contributed by atoms with E-state index in [1.165, 1.54) is 0 Å². The van der Waals surface area contributed by atoms with Gasteiger partial charge in [-0.25, -0.2) is 17.6 Å². The Kier molecular flexibility index (Phi) is 8.55. The molecular formula is C29H32F4N2O3. The van der Waals surface area contributed by atoms with E-state index >= 15 is 4.39 Å². The molecule has 3 aromatic rings. The third-order valence-corrected chi connectivity index (χ3v) is 7.78. The van der Waals surface area contributed by atoms with Gasteiger partial charge in [0.05, 0.1) is 18.0 Å². The number of piperidine rings is 1. The van der Waals surface area contributed by atoms with Crippen LogP contribution in [-0.4, -0.2) is 47.7 Å². The van der Waals surface area contributed by atoms with Crippen molar-refractivity contribution >= 4 is 16.9 Å². The lowest BCUT2D eigenvalue weighted by Gasteiger charge is -2.39. The first-order valence-electron chi connectivity index (χ1n) is 12.8. The topological polar surface area (TPSA) is 62.7 Å². The molecule has 1 aliphatic rings. The van der Waals surface area contributed by atoms with Gasteiger partial charge in [-0.15, -0.1) is 0 Å². The number of hydrogen-bond donors (Lipinski definition) is 1. The van der Waals surface area contributed by atoms with E-state index in [4.69, 9.17) is 4.74 Å². The number of hydrogen-bond acceptors (Lipinski definition) is 4. The number of ether oxygens (including phenoxy) is 1. The smallest absolute Gasteiger partial charge is 0.309 e. The van der Waals surface area contributed by atoms with Crippen molar-refractivity contribution in [1.29, 1.82) is 0 Å². The molecule has 9 heteroatoms. The summed E-state index contributed by atoms with van der Waals surface area (Å²) in [5.41, 5.74) is 0.674. The molecule has 0 spiro atoms. The molecule has 1 fully saturated rings. The van der Waals surface area contributed by atoms with Crippen molar-refractivity contribution in [3.8, 4) is 5.75 Å². The maximum atomic E-state index is 15.7. The number of rotatable bonds is 10. The largest absolute Gasteiger partial charge is 0.497 e. The molecule has 1 unspecified atom stereocenters. The van der Waals surface area contributed by atoms with Gasteiger partial charge < -0.3 is 14.7 Å². The number of benzene rings is 2. The number of likely N-dealkylation sites (tertiary alicyclic amines) is 1. The zero-order chi connectivity index (χ0) is 27.4. The van der Waals surface area contributed by atoms with E-state index in [2.05, 4.69) is 9.88 Å². The summed E-state index contributed by atoms with van der Waals surface area (Å²) >= 11 is 0. The molecule has 1 aliphatic heterocycles. The van der Waals surface area contributed by atoms with Gasteiger partial charge in [0, 0.05) is 29.3 Å². The molecule has 2 aromatic carbocycles. The fraction of sp³-hybridized carbons (Fsp3) is 0.448. The van der Waals surface area contributed by atoms with Crippen LogP contribution in [0.25, 0.3) is 10.9 Å². The lowest BCUT2D eigenvalue weighted by atomic mass is 9.74. The highest BCUT2D eigenvalue weighted by Crippen LogP contribution is 2.41. The fourth-order valence-corrected chi connectivity index (χ4v) is 5.45. The van der Waals surface area contributed by atoms with E-state index in [1.54, 1.807) is 38.4 Å². The SMILES string of the molecule is COc1ccc2ncc(C)c(C(F)CCC3(C(=O)O)CCN(CCCc4c(F)cc(F)cc4F)CC3)c2c1. The molecule has 4 rings (SSSR count). The number of carbonyl (C=O) groups is 1. The van der Waals surface area contributed by atoms with Crippen LogP contribution < -0.4 is 4.74 Å². The van der Waals surface area contributed by atoms with Crippen LogP contribution in [0.1, 0.15) is 55.0 Å². The first-order chi connectivity index (χ1) is 18.1. The summed E-state index contributed by atoms with van der Waals surface area (Å²) in [6.07, 6.45) is 1.81. The number of alkyl halides is 1. The maximum absolute atomic E-state index is 15.7. The number of methoxy groups -OCH3 is 1. The summed E-state index contributed by atoms with van der Waals surface area (Å²) in [6, 6.07) is 6.64. The van der Waals surface area contributed by atoms with Gasteiger partial charge in [0.2, 0.25) is 0 Å². The molecule has 0 amide bonds.